The maximum absolute atomic E-state index is 10.4. The van der Waals surface area contributed by atoms with E-state index in [0.717, 1.165) is 5.56 Å². The topological polar surface area (TPSA) is 66.9 Å². The van der Waals surface area contributed by atoms with Crippen molar-refractivity contribution in [3.63, 3.8) is 0 Å². The molecule has 15 heavy (non-hydrogen) atoms. The highest BCUT2D eigenvalue weighted by molar-refractivity contribution is 8.02. The molecule has 0 fully saturated rings. The minimum Gasteiger partial charge on any atom is -0.258 e. The van der Waals surface area contributed by atoms with E-state index in [1.165, 1.54) is 23.9 Å². The van der Waals surface area contributed by atoms with Crippen LogP contribution in [0, 0.1) is 21.4 Å². The molecule has 0 saturated carbocycles. The predicted octanol–water partition coefficient (Wildman–Crippen LogP) is 2.82. The molecule has 0 aromatic heterocycles. The van der Waals surface area contributed by atoms with Gasteiger partial charge in [-0.2, -0.15) is 5.26 Å². The first kappa shape index (κ1) is 11.3. The predicted molar refractivity (Wildman–Crippen MR) is 60.2 cm³/mol. The second kappa shape index (κ2) is 5.17. The fourth-order valence-electron chi connectivity index (χ4n) is 0.980. The Morgan fingerprint density at radius 2 is 2.13 bits per heavy atom. The van der Waals surface area contributed by atoms with Crippen LogP contribution >= 0.6 is 11.8 Å². The van der Waals surface area contributed by atoms with E-state index in [9.17, 15) is 10.1 Å². The minimum atomic E-state index is -0.451. The van der Waals surface area contributed by atoms with Gasteiger partial charge < -0.3 is 0 Å². The van der Waals surface area contributed by atoms with Crippen LogP contribution < -0.4 is 0 Å². The maximum Gasteiger partial charge on any atom is 0.269 e. The summed E-state index contributed by atoms with van der Waals surface area (Å²) in [6.45, 7) is 0. The Bertz CT molecular complexity index is 432. The van der Waals surface area contributed by atoms with Gasteiger partial charge in [0.15, 0.2) is 0 Å². The van der Waals surface area contributed by atoms with Crippen molar-refractivity contribution in [2.75, 3.05) is 6.26 Å². The number of nitro benzene ring substituents is 1. The van der Waals surface area contributed by atoms with Crippen molar-refractivity contribution in [1.29, 1.82) is 5.26 Å². The van der Waals surface area contributed by atoms with Crippen LogP contribution in [0.25, 0.3) is 6.08 Å². The third-order valence-corrected chi connectivity index (χ3v) is 2.38. The molecule has 5 heteroatoms. The Hall–Kier alpha value is -1.80. The van der Waals surface area contributed by atoms with E-state index in [4.69, 9.17) is 5.26 Å². The summed E-state index contributed by atoms with van der Waals surface area (Å²) < 4.78 is 0. The molecule has 76 valence electrons. The monoisotopic (exact) mass is 220 g/mol. The van der Waals surface area contributed by atoms with Gasteiger partial charge in [-0.25, -0.2) is 0 Å². The molecular formula is C10H8N2O2S. The highest BCUT2D eigenvalue weighted by Gasteiger charge is 2.02. The summed E-state index contributed by atoms with van der Waals surface area (Å²) in [6, 6.07) is 8.10. The lowest BCUT2D eigenvalue weighted by Gasteiger charge is -1.95. The SMILES string of the molecule is CS/C(C#N)=C/c1ccc([N+](=O)[O-])cc1. The zero-order chi connectivity index (χ0) is 11.3. The molecule has 1 aromatic carbocycles. The van der Waals surface area contributed by atoms with Crippen LogP contribution in [0.5, 0.6) is 0 Å². The standard InChI is InChI=1S/C10H8N2O2S/c1-15-10(7-11)6-8-2-4-9(5-3-8)12(13)14/h2-6H,1H3/b10-6+. The quantitative estimate of drug-likeness (QED) is 0.446. The van der Waals surface area contributed by atoms with Crippen molar-refractivity contribution in [1.82, 2.24) is 0 Å². The highest BCUT2D eigenvalue weighted by Crippen LogP contribution is 2.17. The molecule has 0 aliphatic carbocycles. The number of nitro groups is 1. The summed E-state index contributed by atoms with van der Waals surface area (Å²) >= 11 is 1.34. The summed E-state index contributed by atoms with van der Waals surface area (Å²) in [5.41, 5.74) is 0.835. The van der Waals surface area contributed by atoms with E-state index in [0.29, 0.717) is 4.91 Å². The number of non-ortho nitro benzene ring substituents is 1. The Balaban J connectivity index is 2.95. The third-order valence-electron chi connectivity index (χ3n) is 1.73. The van der Waals surface area contributed by atoms with Crippen molar-refractivity contribution in [3.8, 4) is 6.07 Å². The Morgan fingerprint density at radius 3 is 2.53 bits per heavy atom. The molecule has 0 N–H and O–H groups in total. The molecule has 0 spiro atoms. The molecule has 0 aliphatic rings. The van der Waals surface area contributed by atoms with Gasteiger partial charge in [0.2, 0.25) is 0 Å². The Morgan fingerprint density at radius 1 is 1.53 bits per heavy atom. The molecule has 4 nitrogen and oxygen atoms in total. The van der Waals surface area contributed by atoms with Crippen LogP contribution in [0.2, 0.25) is 0 Å². The first-order chi connectivity index (χ1) is 7.17. The minimum absolute atomic E-state index is 0.0507. The van der Waals surface area contributed by atoms with E-state index >= 15 is 0 Å². The summed E-state index contributed by atoms with van der Waals surface area (Å²) in [5.74, 6) is 0. The zero-order valence-electron chi connectivity index (χ0n) is 8.01. The summed E-state index contributed by atoms with van der Waals surface area (Å²) in [7, 11) is 0. The van der Waals surface area contributed by atoms with Gasteiger partial charge in [-0.1, -0.05) is 0 Å². The maximum atomic E-state index is 10.4. The van der Waals surface area contributed by atoms with Crippen molar-refractivity contribution in [2.45, 2.75) is 0 Å². The van der Waals surface area contributed by atoms with E-state index in [1.807, 2.05) is 6.07 Å². The number of nitriles is 1. The van der Waals surface area contributed by atoms with Crippen LogP contribution in [0.15, 0.2) is 29.2 Å². The first-order valence-corrected chi connectivity index (χ1v) is 5.30. The molecule has 1 rings (SSSR count). The lowest BCUT2D eigenvalue weighted by Crippen LogP contribution is -1.86. The van der Waals surface area contributed by atoms with E-state index < -0.39 is 4.92 Å². The van der Waals surface area contributed by atoms with Crippen molar-refractivity contribution < 1.29 is 4.92 Å². The van der Waals surface area contributed by atoms with Gasteiger partial charge in [-0.15, -0.1) is 11.8 Å². The zero-order valence-corrected chi connectivity index (χ0v) is 8.82. The molecule has 0 radical (unpaired) electrons. The Labute approximate surface area is 91.4 Å². The van der Waals surface area contributed by atoms with Gasteiger partial charge >= 0.3 is 0 Å². The largest absolute Gasteiger partial charge is 0.269 e. The smallest absolute Gasteiger partial charge is 0.258 e. The number of hydrogen-bond donors (Lipinski definition) is 0. The molecule has 1 aromatic rings. The summed E-state index contributed by atoms with van der Waals surface area (Å²) in [6.07, 6.45) is 3.49. The van der Waals surface area contributed by atoms with Gasteiger partial charge in [0.1, 0.15) is 6.07 Å². The number of hydrogen-bond acceptors (Lipinski definition) is 4. The van der Waals surface area contributed by atoms with Crippen LogP contribution in [0.4, 0.5) is 5.69 Å². The van der Waals surface area contributed by atoms with Crippen LogP contribution in [0.1, 0.15) is 5.56 Å². The van der Waals surface area contributed by atoms with Crippen molar-refractivity contribution in [3.05, 3.63) is 44.8 Å². The van der Waals surface area contributed by atoms with E-state index in [-0.39, 0.29) is 5.69 Å². The number of nitrogens with zero attached hydrogens (tertiary/aromatic N) is 2. The molecule has 0 saturated heterocycles. The van der Waals surface area contributed by atoms with Gasteiger partial charge in [0, 0.05) is 12.1 Å². The summed E-state index contributed by atoms with van der Waals surface area (Å²) in [4.78, 5) is 10.5. The van der Waals surface area contributed by atoms with Gasteiger partial charge in [0.25, 0.3) is 5.69 Å². The molecule has 0 bridgehead atoms. The van der Waals surface area contributed by atoms with Gasteiger partial charge in [-0.3, -0.25) is 10.1 Å². The molecule has 0 aliphatic heterocycles. The normalized spacial score (nSPS) is 10.8. The molecule has 0 atom stereocenters. The Kier molecular flexibility index (Phi) is 3.89. The van der Waals surface area contributed by atoms with E-state index in [2.05, 4.69) is 0 Å². The summed E-state index contributed by atoms with van der Waals surface area (Å²) in [5, 5.41) is 19.1. The second-order valence-corrected chi connectivity index (χ2v) is 3.52. The van der Waals surface area contributed by atoms with Crippen LogP contribution in [0.3, 0.4) is 0 Å². The number of thioether (sulfide) groups is 1. The first-order valence-electron chi connectivity index (χ1n) is 4.07. The number of allylic oxidation sites excluding steroid dienone is 1. The van der Waals surface area contributed by atoms with E-state index in [1.54, 1.807) is 24.5 Å². The fraction of sp³-hybridized carbons (Fsp3) is 0.100. The fourth-order valence-corrected chi connectivity index (χ4v) is 1.33. The number of rotatable bonds is 3. The average Bonchev–Trinajstić information content (AvgIpc) is 2.26. The number of benzene rings is 1. The molecule has 0 unspecified atom stereocenters. The highest BCUT2D eigenvalue weighted by atomic mass is 32.2. The lowest BCUT2D eigenvalue weighted by molar-refractivity contribution is -0.384. The van der Waals surface area contributed by atoms with Crippen molar-refractivity contribution in [2.24, 2.45) is 0 Å². The second-order valence-electron chi connectivity index (χ2n) is 2.67. The third kappa shape index (κ3) is 3.11. The van der Waals surface area contributed by atoms with Crippen LogP contribution in [-0.4, -0.2) is 11.2 Å². The molecule has 0 heterocycles. The average molecular weight is 220 g/mol. The van der Waals surface area contributed by atoms with Crippen molar-refractivity contribution >= 4 is 23.5 Å². The van der Waals surface area contributed by atoms with Crippen LogP contribution in [-0.2, 0) is 0 Å². The van der Waals surface area contributed by atoms with Gasteiger partial charge in [0.05, 0.1) is 9.83 Å². The molecule has 0 amide bonds. The lowest BCUT2D eigenvalue weighted by atomic mass is 10.2. The van der Waals surface area contributed by atoms with Gasteiger partial charge in [-0.05, 0) is 30.0 Å². The molecular weight excluding hydrogens is 212 g/mol.